The lowest BCUT2D eigenvalue weighted by Crippen LogP contribution is -2.41. The standard InChI is InChI=1S/C23H17N7O2/c31-23(18-12-26-22(32-18)17-7-3-4-9-24-17)30-10-8-16-19(28-13-27-16)20(30)21-25-11-14-5-1-2-6-15(14)29-21/h1-7,9,11-13,20H,8,10H2,(H,27,28)/t20-/m1/s1. The maximum absolute atomic E-state index is 13.5. The molecule has 1 atom stereocenters. The molecule has 1 aliphatic rings. The van der Waals surface area contributed by atoms with E-state index in [1.807, 2.05) is 36.4 Å². The summed E-state index contributed by atoms with van der Waals surface area (Å²) in [4.78, 5) is 40.6. The normalized spacial score (nSPS) is 15.6. The molecule has 1 aliphatic heterocycles. The molecule has 156 valence electrons. The molecule has 1 amide bonds. The van der Waals surface area contributed by atoms with E-state index in [-0.39, 0.29) is 11.7 Å². The molecule has 9 nitrogen and oxygen atoms in total. The van der Waals surface area contributed by atoms with Crippen LogP contribution in [0.25, 0.3) is 22.5 Å². The average Bonchev–Trinajstić information content (AvgIpc) is 3.53. The van der Waals surface area contributed by atoms with Crippen LogP contribution in [-0.2, 0) is 6.42 Å². The van der Waals surface area contributed by atoms with E-state index < -0.39 is 6.04 Å². The van der Waals surface area contributed by atoms with Gasteiger partial charge < -0.3 is 14.3 Å². The van der Waals surface area contributed by atoms with Crippen molar-refractivity contribution in [2.45, 2.75) is 12.5 Å². The Hall–Kier alpha value is -4.40. The number of hydrogen-bond donors (Lipinski definition) is 1. The third-order valence-electron chi connectivity index (χ3n) is 5.54. The van der Waals surface area contributed by atoms with Crippen molar-refractivity contribution in [3.05, 3.63) is 90.4 Å². The number of nitrogens with zero attached hydrogens (tertiary/aromatic N) is 6. The van der Waals surface area contributed by atoms with Crippen LogP contribution in [0.15, 0.2) is 71.8 Å². The summed E-state index contributed by atoms with van der Waals surface area (Å²) >= 11 is 0. The first-order valence-corrected chi connectivity index (χ1v) is 10.2. The zero-order chi connectivity index (χ0) is 21.5. The zero-order valence-electron chi connectivity index (χ0n) is 16.8. The highest BCUT2D eigenvalue weighted by Gasteiger charge is 2.37. The first-order valence-electron chi connectivity index (χ1n) is 10.2. The average molecular weight is 423 g/mol. The topological polar surface area (TPSA) is 114 Å². The second-order valence-electron chi connectivity index (χ2n) is 7.45. The molecule has 0 fully saturated rings. The number of pyridine rings is 1. The van der Waals surface area contributed by atoms with E-state index in [2.05, 4.69) is 24.9 Å². The van der Waals surface area contributed by atoms with E-state index in [1.54, 1.807) is 29.7 Å². The number of aromatic amines is 1. The Balaban J connectivity index is 1.40. The van der Waals surface area contributed by atoms with Crippen molar-refractivity contribution in [1.82, 2.24) is 34.8 Å². The van der Waals surface area contributed by atoms with Gasteiger partial charge in [-0.15, -0.1) is 0 Å². The van der Waals surface area contributed by atoms with E-state index in [1.165, 1.54) is 6.20 Å². The predicted octanol–water partition coefficient (Wildman–Crippen LogP) is 3.19. The minimum absolute atomic E-state index is 0.135. The van der Waals surface area contributed by atoms with Gasteiger partial charge in [0.2, 0.25) is 11.7 Å². The van der Waals surface area contributed by atoms with Crippen LogP contribution in [-0.4, -0.2) is 47.3 Å². The molecule has 0 saturated heterocycles. The number of hydrogen-bond acceptors (Lipinski definition) is 7. The molecular weight excluding hydrogens is 406 g/mol. The van der Waals surface area contributed by atoms with Crippen LogP contribution in [0, 0.1) is 0 Å². The highest BCUT2D eigenvalue weighted by atomic mass is 16.4. The number of amides is 1. The van der Waals surface area contributed by atoms with E-state index in [0.29, 0.717) is 30.4 Å². The molecule has 1 N–H and O–H groups in total. The fourth-order valence-electron chi connectivity index (χ4n) is 4.00. The van der Waals surface area contributed by atoms with Gasteiger partial charge in [-0.25, -0.2) is 19.9 Å². The quantitative estimate of drug-likeness (QED) is 0.474. The number of oxazole rings is 1. The number of carbonyl (C=O) groups is 1. The molecule has 6 rings (SSSR count). The molecule has 0 bridgehead atoms. The summed E-state index contributed by atoms with van der Waals surface area (Å²) in [7, 11) is 0. The number of fused-ring (bicyclic) bond motifs is 2. The number of benzene rings is 1. The SMILES string of the molecule is O=C(c1cnc(-c2ccccn2)o1)N1CCc2[nH]cnc2[C@@H]1c1ncc2ccccc2n1. The van der Waals surface area contributed by atoms with Crippen LogP contribution in [0.4, 0.5) is 0 Å². The van der Waals surface area contributed by atoms with Gasteiger partial charge in [-0.05, 0) is 18.2 Å². The van der Waals surface area contributed by atoms with Gasteiger partial charge in [-0.1, -0.05) is 24.3 Å². The lowest BCUT2D eigenvalue weighted by atomic mass is 10.0. The van der Waals surface area contributed by atoms with Gasteiger partial charge >= 0.3 is 0 Å². The number of rotatable bonds is 3. The lowest BCUT2D eigenvalue weighted by Gasteiger charge is -2.33. The molecule has 5 heterocycles. The summed E-state index contributed by atoms with van der Waals surface area (Å²) in [6, 6.07) is 12.6. The van der Waals surface area contributed by atoms with Gasteiger partial charge in [-0.2, -0.15) is 0 Å². The molecule has 0 unspecified atom stereocenters. The monoisotopic (exact) mass is 423 g/mol. The molecule has 5 aromatic rings. The third kappa shape index (κ3) is 3.02. The summed E-state index contributed by atoms with van der Waals surface area (Å²) in [5.41, 5.74) is 3.09. The van der Waals surface area contributed by atoms with Crippen LogP contribution >= 0.6 is 0 Å². The Morgan fingerprint density at radius 2 is 1.94 bits per heavy atom. The number of carbonyl (C=O) groups excluding carboxylic acids is 1. The Morgan fingerprint density at radius 1 is 1.03 bits per heavy atom. The summed E-state index contributed by atoms with van der Waals surface area (Å²) in [5.74, 6) is 0.644. The summed E-state index contributed by atoms with van der Waals surface area (Å²) in [6.45, 7) is 0.467. The van der Waals surface area contributed by atoms with Crippen molar-refractivity contribution in [2.75, 3.05) is 6.54 Å². The highest BCUT2D eigenvalue weighted by molar-refractivity contribution is 5.92. The minimum Gasteiger partial charge on any atom is -0.429 e. The van der Waals surface area contributed by atoms with Crippen molar-refractivity contribution < 1.29 is 9.21 Å². The van der Waals surface area contributed by atoms with Crippen LogP contribution in [0.2, 0.25) is 0 Å². The van der Waals surface area contributed by atoms with Crippen molar-refractivity contribution in [3.8, 4) is 11.6 Å². The van der Waals surface area contributed by atoms with Crippen LogP contribution in [0.1, 0.15) is 33.8 Å². The molecule has 32 heavy (non-hydrogen) atoms. The van der Waals surface area contributed by atoms with Crippen molar-refractivity contribution in [3.63, 3.8) is 0 Å². The van der Waals surface area contributed by atoms with Crippen molar-refractivity contribution >= 4 is 16.8 Å². The fraction of sp³-hybridized carbons (Fsp3) is 0.130. The second kappa shape index (κ2) is 7.38. The zero-order valence-corrected chi connectivity index (χ0v) is 16.8. The van der Waals surface area contributed by atoms with E-state index in [9.17, 15) is 4.79 Å². The summed E-state index contributed by atoms with van der Waals surface area (Å²) in [6.07, 6.45) is 7.14. The number of aromatic nitrogens is 6. The number of nitrogens with one attached hydrogen (secondary N) is 1. The molecule has 0 aliphatic carbocycles. The molecule has 0 radical (unpaired) electrons. The molecular formula is C23H17N7O2. The van der Waals surface area contributed by atoms with Gasteiger partial charge in [0, 0.05) is 36.4 Å². The smallest absolute Gasteiger partial charge is 0.292 e. The van der Waals surface area contributed by atoms with Gasteiger partial charge in [-0.3, -0.25) is 9.78 Å². The van der Waals surface area contributed by atoms with Crippen LogP contribution < -0.4 is 0 Å². The molecule has 4 aromatic heterocycles. The predicted molar refractivity (Wildman–Crippen MR) is 114 cm³/mol. The maximum Gasteiger partial charge on any atom is 0.292 e. The minimum atomic E-state index is -0.537. The van der Waals surface area contributed by atoms with E-state index in [4.69, 9.17) is 9.40 Å². The Labute approximate surface area is 182 Å². The molecule has 0 saturated carbocycles. The van der Waals surface area contributed by atoms with E-state index >= 15 is 0 Å². The Kier molecular flexibility index (Phi) is 4.24. The fourth-order valence-corrected chi connectivity index (χ4v) is 4.00. The molecule has 1 aromatic carbocycles. The van der Waals surface area contributed by atoms with E-state index in [0.717, 1.165) is 22.3 Å². The third-order valence-corrected chi connectivity index (χ3v) is 5.54. The Morgan fingerprint density at radius 3 is 2.84 bits per heavy atom. The van der Waals surface area contributed by atoms with Gasteiger partial charge in [0.15, 0.2) is 5.82 Å². The van der Waals surface area contributed by atoms with Gasteiger partial charge in [0.25, 0.3) is 5.91 Å². The lowest BCUT2D eigenvalue weighted by molar-refractivity contribution is 0.0652. The highest BCUT2D eigenvalue weighted by Crippen LogP contribution is 2.33. The maximum atomic E-state index is 13.5. The van der Waals surface area contributed by atoms with Crippen molar-refractivity contribution in [2.24, 2.45) is 0 Å². The molecule has 9 heteroatoms. The first kappa shape index (κ1) is 18.4. The van der Waals surface area contributed by atoms with Gasteiger partial charge in [0.05, 0.1) is 23.7 Å². The molecule has 0 spiro atoms. The Bertz CT molecular complexity index is 1430. The van der Waals surface area contributed by atoms with Crippen molar-refractivity contribution in [1.29, 1.82) is 0 Å². The second-order valence-corrected chi connectivity index (χ2v) is 7.45. The number of para-hydroxylation sites is 1. The largest absolute Gasteiger partial charge is 0.429 e. The number of imidazole rings is 1. The number of H-pyrrole nitrogens is 1. The summed E-state index contributed by atoms with van der Waals surface area (Å²) in [5, 5.41) is 0.933. The van der Waals surface area contributed by atoms with Crippen LogP contribution in [0.3, 0.4) is 0 Å². The van der Waals surface area contributed by atoms with Gasteiger partial charge in [0.1, 0.15) is 11.7 Å². The summed E-state index contributed by atoms with van der Waals surface area (Å²) < 4.78 is 5.77. The first-order chi connectivity index (χ1) is 15.8. The van der Waals surface area contributed by atoms with Crippen LogP contribution in [0.5, 0.6) is 0 Å².